The molecule has 0 radical (unpaired) electrons. The van der Waals surface area contributed by atoms with Gasteiger partial charge in [0.1, 0.15) is 0 Å². The summed E-state index contributed by atoms with van der Waals surface area (Å²) in [5, 5.41) is 16.3. The fourth-order valence-electron chi connectivity index (χ4n) is 1.09. The summed E-state index contributed by atoms with van der Waals surface area (Å²) in [4.78, 5) is 0. The predicted octanol–water partition coefficient (Wildman–Crippen LogP) is -0.659. The van der Waals surface area contributed by atoms with Crippen LogP contribution in [-0.4, -0.2) is 30.9 Å². The number of sulfonamides is 1. The average molecular weight is 204 g/mol. The summed E-state index contributed by atoms with van der Waals surface area (Å²) in [6.45, 7) is 1.33. The maximum Gasteiger partial charge on any atom is 0.227 e. The maximum absolute atomic E-state index is 11.3. The van der Waals surface area contributed by atoms with Crippen LogP contribution in [0.5, 0.6) is 0 Å². The van der Waals surface area contributed by atoms with Crippen molar-refractivity contribution in [3.05, 3.63) is 0 Å². The lowest BCUT2D eigenvalue weighted by molar-refractivity contribution is 0.0711. The van der Waals surface area contributed by atoms with Gasteiger partial charge in [-0.15, -0.1) is 0 Å². The highest BCUT2D eigenvalue weighted by Crippen LogP contribution is 2.20. The van der Waals surface area contributed by atoms with Crippen LogP contribution in [0.3, 0.4) is 0 Å². The Morgan fingerprint density at radius 3 is 2.54 bits per heavy atom. The van der Waals surface area contributed by atoms with E-state index in [0.717, 1.165) is 0 Å². The first-order chi connectivity index (χ1) is 5.95. The van der Waals surface area contributed by atoms with Gasteiger partial charge in [-0.25, -0.2) is 13.1 Å². The van der Waals surface area contributed by atoms with Gasteiger partial charge in [0.2, 0.25) is 10.0 Å². The average Bonchev–Trinajstić information content (AvgIpc) is 1.99. The highest BCUT2D eigenvalue weighted by atomic mass is 32.2. The molecule has 1 fully saturated rings. The van der Waals surface area contributed by atoms with Crippen LogP contribution in [0.15, 0.2) is 0 Å². The summed E-state index contributed by atoms with van der Waals surface area (Å²) >= 11 is 0. The molecule has 0 saturated heterocycles. The molecule has 0 aromatic heterocycles. The molecule has 0 bridgehead atoms. The second-order valence-electron chi connectivity index (χ2n) is 3.26. The van der Waals surface area contributed by atoms with Crippen LogP contribution in [0.2, 0.25) is 0 Å². The predicted molar refractivity (Wildman–Crippen MR) is 46.2 cm³/mol. The zero-order valence-corrected chi connectivity index (χ0v) is 8.08. The molecule has 5 nitrogen and oxygen atoms in total. The molecule has 0 aromatic carbocycles. The maximum atomic E-state index is 11.3. The number of hydrogen-bond acceptors (Lipinski definition) is 4. The summed E-state index contributed by atoms with van der Waals surface area (Å²) in [6.07, 6.45) is 0.486. The highest BCUT2D eigenvalue weighted by molar-refractivity contribution is 7.90. The standard InChI is InChI=1S/C7H12N2O3S/c1-5(4-8)13(11,12)9-6-2-7(10)3-6/h5-7,9-10H,2-3H2,1H3. The van der Waals surface area contributed by atoms with E-state index in [-0.39, 0.29) is 6.04 Å². The molecule has 1 aliphatic carbocycles. The third-order valence-corrected chi connectivity index (χ3v) is 3.79. The van der Waals surface area contributed by atoms with E-state index in [2.05, 4.69) is 4.72 Å². The van der Waals surface area contributed by atoms with Crippen molar-refractivity contribution < 1.29 is 13.5 Å². The minimum atomic E-state index is -3.52. The molecule has 2 N–H and O–H groups in total. The summed E-state index contributed by atoms with van der Waals surface area (Å²) in [5.74, 6) is 0. The van der Waals surface area contributed by atoms with Crippen LogP contribution in [0.4, 0.5) is 0 Å². The Bertz CT molecular complexity index is 313. The second kappa shape index (κ2) is 3.62. The Hall–Kier alpha value is -0.640. The molecule has 1 saturated carbocycles. The molecule has 74 valence electrons. The molecule has 0 spiro atoms. The van der Waals surface area contributed by atoms with Crippen molar-refractivity contribution in [3.8, 4) is 6.07 Å². The van der Waals surface area contributed by atoms with Crippen molar-refractivity contribution in [1.82, 2.24) is 4.72 Å². The number of aliphatic hydroxyl groups is 1. The summed E-state index contributed by atoms with van der Waals surface area (Å²) < 4.78 is 24.9. The Kier molecular flexibility index (Phi) is 2.91. The van der Waals surface area contributed by atoms with Crippen molar-refractivity contribution in [1.29, 1.82) is 5.26 Å². The molecule has 13 heavy (non-hydrogen) atoms. The third kappa shape index (κ3) is 2.40. The van der Waals surface area contributed by atoms with Crippen LogP contribution >= 0.6 is 0 Å². The molecule has 6 heteroatoms. The van der Waals surface area contributed by atoms with Gasteiger partial charge in [0.05, 0.1) is 12.2 Å². The van der Waals surface area contributed by atoms with Gasteiger partial charge < -0.3 is 5.11 Å². The topological polar surface area (TPSA) is 90.2 Å². The highest BCUT2D eigenvalue weighted by Gasteiger charge is 2.32. The largest absolute Gasteiger partial charge is 0.393 e. The van der Waals surface area contributed by atoms with Crippen LogP contribution in [0, 0.1) is 11.3 Å². The lowest BCUT2D eigenvalue weighted by atomic mass is 9.91. The Morgan fingerprint density at radius 2 is 2.15 bits per heavy atom. The smallest absolute Gasteiger partial charge is 0.227 e. The second-order valence-corrected chi connectivity index (χ2v) is 5.29. The SMILES string of the molecule is CC(C#N)S(=O)(=O)NC1CC(O)C1. The lowest BCUT2D eigenvalue weighted by Crippen LogP contribution is -2.48. The van der Waals surface area contributed by atoms with Gasteiger partial charge in [-0.2, -0.15) is 5.26 Å². The molecule has 0 aromatic rings. The number of nitrogens with zero attached hydrogens (tertiary/aromatic N) is 1. The Morgan fingerprint density at radius 1 is 1.62 bits per heavy atom. The number of rotatable bonds is 3. The van der Waals surface area contributed by atoms with Gasteiger partial charge in [0, 0.05) is 6.04 Å². The monoisotopic (exact) mass is 204 g/mol. The number of nitrogens with one attached hydrogen (secondary N) is 1. The molecule has 1 unspecified atom stereocenters. The van der Waals surface area contributed by atoms with Gasteiger partial charge in [-0.05, 0) is 19.8 Å². The first-order valence-corrected chi connectivity index (χ1v) is 5.59. The molecular formula is C7H12N2O3S. The van der Waals surface area contributed by atoms with E-state index in [0.29, 0.717) is 12.8 Å². The van der Waals surface area contributed by atoms with Gasteiger partial charge in [0.25, 0.3) is 0 Å². The lowest BCUT2D eigenvalue weighted by Gasteiger charge is -2.31. The minimum absolute atomic E-state index is 0.198. The zero-order chi connectivity index (χ0) is 10.1. The number of nitriles is 1. The van der Waals surface area contributed by atoms with Crippen molar-refractivity contribution in [2.24, 2.45) is 0 Å². The van der Waals surface area contributed by atoms with Crippen molar-refractivity contribution >= 4 is 10.0 Å². The number of aliphatic hydroxyl groups excluding tert-OH is 1. The number of hydrogen-bond donors (Lipinski definition) is 2. The fraction of sp³-hybridized carbons (Fsp3) is 0.857. The van der Waals surface area contributed by atoms with Gasteiger partial charge in [-0.3, -0.25) is 0 Å². The van der Waals surface area contributed by atoms with Crippen LogP contribution in [0.25, 0.3) is 0 Å². The molecule has 0 amide bonds. The normalized spacial score (nSPS) is 30.2. The van der Waals surface area contributed by atoms with E-state index in [4.69, 9.17) is 10.4 Å². The third-order valence-electron chi connectivity index (χ3n) is 2.09. The van der Waals surface area contributed by atoms with Crippen molar-refractivity contribution in [3.63, 3.8) is 0 Å². The summed E-state index contributed by atoms with van der Waals surface area (Å²) in [7, 11) is -3.52. The Labute approximate surface area is 77.4 Å². The van der Waals surface area contributed by atoms with Gasteiger partial charge >= 0.3 is 0 Å². The van der Waals surface area contributed by atoms with Crippen LogP contribution < -0.4 is 4.72 Å². The molecule has 1 aliphatic rings. The molecule has 0 aliphatic heterocycles. The van der Waals surface area contributed by atoms with Crippen LogP contribution in [-0.2, 0) is 10.0 Å². The molecular weight excluding hydrogens is 192 g/mol. The first kappa shape index (κ1) is 10.4. The molecule has 1 rings (SSSR count). The zero-order valence-electron chi connectivity index (χ0n) is 7.27. The van der Waals surface area contributed by atoms with Gasteiger partial charge in [0.15, 0.2) is 5.25 Å². The van der Waals surface area contributed by atoms with Gasteiger partial charge in [-0.1, -0.05) is 0 Å². The molecule has 0 heterocycles. The van der Waals surface area contributed by atoms with E-state index in [1.165, 1.54) is 6.92 Å². The first-order valence-electron chi connectivity index (χ1n) is 4.04. The Balaban J connectivity index is 2.50. The van der Waals surface area contributed by atoms with E-state index in [1.807, 2.05) is 0 Å². The fourth-order valence-corrected chi connectivity index (χ4v) is 2.09. The van der Waals surface area contributed by atoms with E-state index >= 15 is 0 Å². The van der Waals surface area contributed by atoms with E-state index < -0.39 is 21.4 Å². The van der Waals surface area contributed by atoms with Crippen molar-refractivity contribution in [2.45, 2.75) is 37.2 Å². The molecule has 1 atom stereocenters. The van der Waals surface area contributed by atoms with Crippen LogP contribution in [0.1, 0.15) is 19.8 Å². The minimum Gasteiger partial charge on any atom is -0.393 e. The summed E-state index contributed by atoms with van der Waals surface area (Å²) in [6, 6.07) is 1.46. The quantitative estimate of drug-likeness (QED) is 0.638. The van der Waals surface area contributed by atoms with E-state index in [9.17, 15) is 8.42 Å². The van der Waals surface area contributed by atoms with Crippen molar-refractivity contribution in [2.75, 3.05) is 0 Å². The summed E-state index contributed by atoms with van der Waals surface area (Å²) in [5.41, 5.74) is 0. The van der Waals surface area contributed by atoms with E-state index in [1.54, 1.807) is 6.07 Å².